The minimum absolute atomic E-state index is 0.0337. The van der Waals surface area contributed by atoms with Crippen LogP contribution in [0.15, 0.2) is 47.8 Å². The molecule has 0 saturated heterocycles. The first-order valence-electron chi connectivity index (χ1n) is 8.61. The van der Waals surface area contributed by atoms with Crippen LogP contribution in [-0.4, -0.2) is 10.9 Å². The zero-order valence-electron chi connectivity index (χ0n) is 14.9. The maximum absolute atomic E-state index is 12.5. The Balaban J connectivity index is 1.65. The molecular formula is C21H21ClN2OS. The summed E-state index contributed by atoms with van der Waals surface area (Å²) in [4.78, 5) is 17.0. The molecule has 0 atom stereocenters. The summed E-state index contributed by atoms with van der Waals surface area (Å²) in [6.45, 7) is 4.10. The van der Waals surface area contributed by atoms with Gasteiger partial charge in [-0.2, -0.15) is 0 Å². The number of thiazole rings is 1. The Bertz CT molecular complexity index is 920. The average Bonchev–Trinajstić information content (AvgIpc) is 3.03. The number of rotatable bonds is 6. The molecule has 1 amide bonds. The summed E-state index contributed by atoms with van der Waals surface area (Å²) in [5.41, 5.74) is 5.08. The van der Waals surface area contributed by atoms with Gasteiger partial charge in [0.05, 0.1) is 17.1 Å². The normalized spacial score (nSPS) is 10.7. The highest BCUT2D eigenvalue weighted by molar-refractivity contribution is 7.09. The zero-order chi connectivity index (χ0) is 18.5. The van der Waals surface area contributed by atoms with E-state index in [0.717, 1.165) is 50.9 Å². The quantitative estimate of drug-likeness (QED) is 0.614. The largest absolute Gasteiger partial charge is 0.325 e. The Kier molecular flexibility index (Phi) is 6.07. The zero-order valence-corrected chi connectivity index (χ0v) is 16.5. The van der Waals surface area contributed by atoms with Gasteiger partial charge in [0.2, 0.25) is 5.91 Å². The molecular weight excluding hydrogens is 364 g/mol. The molecule has 0 spiro atoms. The molecule has 0 aliphatic rings. The number of halogens is 1. The topological polar surface area (TPSA) is 42.0 Å². The second-order valence-corrected chi connectivity index (χ2v) is 7.61. The number of carbonyl (C=O) groups excluding carboxylic acids is 1. The maximum atomic E-state index is 12.5. The Hall–Kier alpha value is -2.17. The lowest BCUT2D eigenvalue weighted by molar-refractivity contribution is -0.115. The van der Waals surface area contributed by atoms with E-state index in [1.165, 1.54) is 0 Å². The minimum atomic E-state index is -0.0337. The summed E-state index contributed by atoms with van der Waals surface area (Å²) in [6.07, 6.45) is 1.89. The third-order valence-electron chi connectivity index (χ3n) is 4.19. The molecule has 1 aromatic heterocycles. The summed E-state index contributed by atoms with van der Waals surface area (Å²) in [6, 6.07) is 13.9. The molecule has 0 bridgehead atoms. The van der Waals surface area contributed by atoms with Crippen molar-refractivity contribution in [2.75, 3.05) is 5.32 Å². The van der Waals surface area contributed by atoms with Crippen molar-refractivity contribution >= 4 is 34.5 Å². The van der Waals surface area contributed by atoms with E-state index in [-0.39, 0.29) is 12.3 Å². The highest BCUT2D eigenvalue weighted by Gasteiger charge is 2.12. The molecule has 26 heavy (non-hydrogen) atoms. The van der Waals surface area contributed by atoms with Crippen molar-refractivity contribution < 1.29 is 4.79 Å². The smallest absolute Gasteiger partial charge is 0.230 e. The Labute approximate surface area is 163 Å². The molecule has 5 heteroatoms. The number of amides is 1. The van der Waals surface area contributed by atoms with E-state index in [2.05, 4.69) is 23.3 Å². The number of hydrogen-bond acceptors (Lipinski definition) is 3. The maximum Gasteiger partial charge on any atom is 0.230 e. The molecule has 0 aliphatic heterocycles. The van der Waals surface area contributed by atoms with Gasteiger partial charge in [-0.3, -0.25) is 4.79 Å². The van der Waals surface area contributed by atoms with Crippen LogP contribution in [0, 0.1) is 6.92 Å². The van der Waals surface area contributed by atoms with Crippen LogP contribution in [0.4, 0.5) is 5.69 Å². The van der Waals surface area contributed by atoms with E-state index in [4.69, 9.17) is 11.6 Å². The van der Waals surface area contributed by atoms with Crippen molar-refractivity contribution in [3.8, 4) is 0 Å². The lowest BCUT2D eigenvalue weighted by atomic mass is 10.1. The van der Waals surface area contributed by atoms with Crippen LogP contribution < -0.4 is 5.32 Å². The van der Waals surface area contributed by atoms with Crippen molar-refractivity contribution in [2.45, 2.75) is 33.1 Å². The van der Waals surface area contributed by atoms with Gasteiger partial charge in [0.1, 0.15) is 0 Å². The molecule has 1 heterocycles. The van der Waals surface area contributed by atoms with Gasteiger partial charge in [0, 0.05) is 22.5 Å². The number of para-hydroxylation sites is 1. The Morgan fingerprint density at radius 2 is 2.04 bits per heavy atom. The highest BCUT2D eigenvalue weighted by atomic mass is 35.5. The van der Waals surface area contributed by atoms with Gasteiger partial charge >= 0.3 is 0 Å². The van der Waals surface area contributed by atoms with Gasteiger partial charge in [0.25, 0.3) is 0 Å². The first kappa shape index (κ1) is 18.6. The van der Waals surface area contributed by atoms with Crippen molar-refractivity contribution in [3.05, 3.63) is 80.3 Å². The highest BCUT2D eigenvalue weighted by Crippen LogP contribution is 2.22. The Morgan fingerprint density at radius 1 is 1.23 bits per heavy atom. The molecule has 2 aromatic carbocycles. The molecule has 1 N–H and O–H groups in total. The fourth-order valence-corrected chi connectivity index (χ4v) is 3.92. The molecule has 134 valence electrons. The van der Waals surface area contributed by atoms with E-state index in [0.29, 0.717) is 0 Å². The van der Waals surface area contributed by atoms with Crippen molar-refractivity contribution in [3.63, 3.8) is 0 Å². The number of hydrogen-bond donors (Lipinski definition) is 1. The SMILES string of the molecule is CCc1cccc(C)c1NC(=O)Cc1csc(Cc2cccc(Cl)c2)n1. The van der Waals surface area contributed by atoms with E-state index in [1.54, 1.807) is 11.3 Å². The first-order valence-corrected chi connectivity index (χ1v) is 9.87. The van der Waals surface area contributed by atoms with Crippen molar-refractivity contribution in [2.24, 2.45) is 0 Å². The molecule has 0 unspecified atom stereocenters. The van der Waals surface area contributed by atoms with Gasteiger partial charge in [-0.05, 0) is 42.2 Å². The molecule has 3 rings (SSSR count). The van der Waals surface area contributed by atoms with Gasteiger partial charge in [0.15, 0.2) is 0 Å². The van der Waals surface area contributed by atoms with Crippen LogP contribution in [-0.2, 0) is 24.1 Å². The van der Waals surface area contributed by atoms with Crippen LogP contribution in [0.25, 0.3) is 0 Å². The molecule has 0 fully saturated rings. The monoisotopic (exact) mass is 384 g/mol. The number of nitrogens with one attached hydrogen (secondary N) is 1. The number of anilines is 1. The van der Waals surface area contributed by atoms with Crippen molar-refractivity contribution in [1.82, 2.24) is 4.98 Å². The molecule has 0 radical (unpaired) electrons. The van der Waals surface area contributed by atoms with Crippen LogP contribution in [0.1, 0.15) is 34.3 Å². The number of aromatic nitrogens is 1. The lowest BCUT2D eigenvalue weighted by Crippen LogP contribution is -2.16. The van der Waals surface area contributed by atoms with Gasteiger partial charge in [-0.15, -0.1) is 11.3 Å². The molecule has 3 aromatic rings. The van der Waals surface area contributed by atoms with E-state index in [9.17, 15) is 4.79 Å². The second kappa shape index (κ2) is 8.47. The predicted octanol–water partition coefficient (Wildman–Crippen LogP) is 5.44. The lowest BCUT2D eigenvalue weighted by Gasteiger charge is -2.12. The van der Waals surface area contributed by atoms with Gasteiger partial charge in [-0.1, -0.05) is 48.9 Å². The number of aryl methyl sites for hydroxylation is 2. The second-order valence-electron chi connectivity index (χ2n) is 6.23. The van der Waals surface area contributed by atoms with E-state index in [1.807, 2.05) is 48.7 Å². The summed E-state index contributed by atoms with van der Waals surface area (Å²) in [7, 11) is 0. The fraction of sp³-hybridized carbons (Fsp3) is 0.238. The molecule has 0 aliphatic carbocycles. The van der Waals surface area contributed by atoms with E-state index >= 15 is 0 Å². The molecule has 0 saturated carbocycles. The van der Waals surface area contributed by atoms with Crippen LogP contribution in [0.5, 0.6) is 0 Å². The van der Waals surface area contributed by atoms with Crippen LogP contribution in [0.3, 0.4) is 0 Å². The third-order valence-corrected chi connectivity index (χ3v) is 5.32. The summed E-state index contributed by atoms with van der Waals surface area (Å²) < 4.78 is 0. The summed E-state index contributed by atoms with van der Waals surface area (Å²) in [5.74, 6) is -0.0337. The van der Waals surface area contributed by atoms with Crippen LogP contribution >= 0.6 is 22.9 Å². The number of benzene rings is 2. The Morgan fingerprint density at radius 3 is 2.81 bits per heavy atom. The molecule has 3 nitrogen and oxygen atoms in total. The standard InChI is InChI=1S/C21H21ClN2OS/c1-3-16-8-4-6-14(2)21(16)24-19(25)12-18-13-26-20(23-18)11-15-7-5-9-17(22)10-15/h4-10,13H,3,11-12H2,1-2H3,(H,24,25). The average molecular weight is 385 g/mol. The third kappa shape index (κ3) is 4.71. The first-order chi connectivity index (χ1) is 12.5. The summed E-state index contributed by atoms with van der Waals surface area (Å²) in [5, 5.41) is 6.72. The van der Waals surface area contributed by atoms with Crippen molar-refractivity contribution in [1.29, 1.82) is 0 Å². The van der Waals surface area contributed by atoms with Gasteiger partial charge < -0.3 is 5.32 Å². The van der Waals surface area contributed by atoms with Gasteiger partial charge in [-0.25, -0.2) is 4.98 Å². The minimum Gasteiger partial charge on any atom is -0.325 e. The fourth-order valence-electron chi connectivity index (χ4n) is 2.88. The predicted molar refractivity (Wildman–Crippen MR) is 109 cm³/mol. The van der Waals surface area contributed by atoms with E-state index < -0.39 is 0 Å². The summed E-state index contributed by atoms with van der Waals surface area (Å²) >= 11 is 7.60. The number of nitrogens with zero attached hydrogens (tertiary/aromatic N) is 1. The van der Waals surface area contributed by atoms with Crippen LogP contribution in [0.2, 0.25) is 5.02 Å². The number of carbonyl (C=O) groups is 1.